The zero-order valence-electron chi connectivity index (χ0n) is 19.7. The molecule has 1 unspecified atom stereocenters. The Morgan fingerprint density at radius 2 is 1.91 bits per heavy atom. The molecule has 2 aromatic rings. The number of morpholine rings is 1. The second-order valence-corrected chi connectivity index (χ2v) is 9.79. The summed E-state index contributed by atoms with van der Waals surface area (Å²) in [7, 11) is 1.68. The number of carbonyl (C=O) groups is 1. The Labute approximate surface area is 197 Å². The highest BCUT2D eigenvalue weighted by atomic mass is 16.5. The van der Waals surface area contributed by atoms with E-state index in [2.05, 4.69) is 14.9 Å². The van der Waals surface area contributed by atoms with Gasteiger partial charge in [-0.25, -0.2) is 9.97 Å². The minimum Gasteiger partial charge on any atom is -0.390 e. The number of carbonyl (C=O) groups excluding carboxylic acids is 1. The molecular weight excluding hydrogens is 420 g/mol. The highest BCUT2D eigenvalue weighted by Gasteiger charge is 2.44. The maximum Gasteiger partial charge on any atom is 0.253 e. The Kier molecular flexibility index (Phi) is 6.97. The van der Waals surface area contributed by atoms with Crippen LogP contribution in [0.3, 0.4) is 0 Å². The summed E-state index contributed by atoms with van der Waals surface area (Å²) in [4.78, 5) is 26.0. The number of ether oxygens (including phenoxy) is 2. The Bertz CT molecular complexity index is 928. The van der Waals surface area contributed by atoms with Crippen LogP contribution in [0.25, 0.3) is 0 Å². The van der Waals surface area contributed by atoms with Crippen molar-refractivity contribution in [1.29, 1.82) is 0 Å². The first-order chi connectivity index (χ1) is 15.8. The summed E-state index contributed by atoms with van der Waals surface area (Å²) in [6.07, 6.45) is 5.49. The van der Waals surface area contributed by atoms with Crippen molar-refractivity contribution in [3.63, 3.8) is 0 Å². The lowest BCUT2D eigenvalue weighted by Crippen LogP contribution is -2.61. The Balaban J connectivity index is 0.00000324. The highest BCUT2D eigenvalue weighted by molar-refractivity contribution is 5.94. The molecule has 3 heterocycles. The normalized spacial score (nSPS) is 20.8. The molecule has 180 valence electrons. The number of amides is 1. The van der Waals surface area contributed by atoms with E-state index in [-0.39, 0.29) is 19.0 Å². The maximum atomic E-state index is 13.1. The van der Waals surface area contributed by atoms with Gasteiger partial charge in [0.05, 0.1) is 30.5 Å². The van der Waals surface area contributed by atoms with Crippen LogP contribution < -0.4 is 4.90 Å². The first-order valence-electron chi connectivity index (χ1n) is 11.6. The lowest BCUT2D eigenvalue weighted by molar-refractivity contribution is -0.145. The standard InChI is InChI=1S/C25H34N4O4.H2/c1-24(2,31)15-19-5-7-20(8-6-19)22(30)28-13-9-25(10-14-28)18-29(16-21(33-25)17-32-3)23-26-11-4-12-27-23;/h4-8,11-12,21,31H,9-10,13-18H2,1-3H3;1H. The van der Waals surface area contributed by atoms with Crippen molar-refractivity contribution in [2.24, 2.45) is 0 Å². The third-order valence-electron chi connectivity index (χ3n) is 6.31. The van der Waals surface area contributed by atoms with Gasteiger partial charge in [0.15, 0.2) is 0 Å². The molecule has 8 nitrogen and oxygen atoms in total. The van der Waals surface area contributed by atoms with E-state index >= 15 is 0 Å². The predicted molar refractivity (Wildman–Crippen MR) is 127 cm³/mol. The zero-order valence-corrected chi connectivity index (χ0v) is 19.7. The van der Waals surface area contributed by atoms with Crippen molar-refractivity contribution in [2.75, 3.05) is 44.8 Å². The van der Waals surface area contributed by atoms with Gasteiger partial charge in [-0.2, -0.15) is 0 Å². The fourth-order valence-electron chi connectivity index (χ4n) is 4.81. The van der Waals surface area contributed by atoms with Crippen LogP contribution in [-0.2, 0) is 15.9 Å². The summed E-state index contributed by atoms with van der Waals surface area (Å²) >= 11 is 0. The predicted octanol–water partition coefficient (Wildman–Crippen LogP) is 2.56. The number of methoxy groups -OCH3 is 1. The molecule has 2 fully saturated rings. The molecular formula is C25H36N4O4. The molecule has 1 aromatic carbocycles. The number of aromatic nitrogens is 2. The molecule has 2 aliphatic heterocycles. The van der Waals surface area contributed by atoms with Crippen molar-refractivity contribution in [2.45, 2.75) is 50.4 Å². The van der Waals surface area contributed by atoms with Crippen molar-refractivity contribution in [3.8, 4) is 0 Å². The molecule has 0 radical (unpaired) electrons. The van der Waals surface area contributed by atoms with Gasteiger partial charge >= 0.3 is 0 Å². The largest absolute Gasteiger partial charge is 0.390 e. The molecule has 33 heavy (non-hydrogen) atoms. The maximum absolute atomic E-state index is 13.1. The molecule has 1 N–H and O–H groups in total. The van der Waals surface area contributed by atoms with Crippen LogP contribution in [0.2, 0.25) is 0 Å². The van der Waals surface area contributed by atoms with Crippen LogP contribution >= 0.6 is 0 Å². The number of rotatable bonds is 6. The van der Waals surface area contributed by atoms with Crippen LogP contribution in [0, 0.1) is 0 Å². The van der Waals surface area contributed by atoms with Gasteiger partial charge in [-0.05, 0) is 50.5 Å². The first kappa shape index (κ1) is 23.6. The number of anilines is 1. The summed E-state index contributed by atoms with van der Waals surface area (Å²) in [5.41, 5.74) is 0.561. The number of piperidine rings is 1. The van der Waals surface area contributed by atoms with E-state index < -0.39 is 5.60 Å². The first-order valence-corrected chi connectivity index (χ1v) is 11.6. The number of nitrogens with zero attached hydrogens (tertiary/aromatic N) is 4. The van der Waals surface area contributed by atoms with E-state index in [1.54, 1.807) is 33.4 Å². The third-order valence-corrected chi connectivity index (χ3v) is 6.31. The Morgan fingerprint density at radius 1 is 1.24 bits per heavy atom. The number of benzene rings is 1. The molecule has 1 spiro atoms. The van der Waals surface area contributed by atoms with Crippen LogP contribution in [0.15, 0.2) is 42.7 Å². The summed E-state index contributed by atoms with van der Waals surface area (Å²) < 4.78 is 11.9. The van der Waals surface area contributed by atoms with Gasteiger partial charge in [0.25, 0.3) is 5.91 Å². The molecule has 2 saturated heterocycles. The zero-order chi connectivity index (χ0) is 23.5. The molecule has 1 atom stereocenters. The van der Waals surface area contributed by atoms with E-state index in [1.165, 1.54) is 0 Å². The fourth-order valence-corrected chi connectivity index (χ4v) is 4.81. The van der Waals surface area contributed by atoms with E-state index in [9.17, 15) is 9.90 Å². The molecule has 1 aromatic heterocycles. The van der Waals surface area contributed by atoms with Crippen LogP contribution in [0.4, 0.5) is 5.95 Å². The van der Waals surface area contributed by atoms with Crippen LogP contribution in [0.5, 0.6) is 0 Å². The van der Waals surface area contributed by atoms with Gasteiger partial charge in [0.1, 0.15) is 0 Å². The van der Waals surface area contributed by atoms with E-state index in [0.717, 1.165) is 18.4 Å². The van der Waals surface area contributed by atoms with Gasteiger partial charge < -0.3 is 24.4 Å². The summed E-state index contributed by atoms with van der Waals surface area (Å²) in [5, 5.41) is 10.0. The minimum atomic E-state index is -0.772. The molecule has 4 rings (SSSR count). The molecule has 0 bridgehead atoms. The summed E-state index contributed by atoms with van der Waals surface area (Å²) in [5.74, 6) is 0.734. The second-order valence-electron chi connectivity index (χ2n) is 9.79. The summed E-state index contributed by atoms with van der Waals surface area (Å²) in [6, 6.07) is 9.37. The molecule has 8 heteroatoms. The SMILES string of the molecule is COCC1CN(c2ncccn2)CC2(CCN(C(=O)c3ccc(CC(C)(C)O)cc3)CC2)O1.[HH]. The van der Waals surface area contributed by atoms with Crippen molar-refractivity contribution >= 4 is 11.9 Å². The van der Waals surface area contributed by atoms with Gasteiger partial charge in [-0.15, -0.1) is 0 Å². The van der Waals surface area contributed by atoms with Gasteiger partial charge in [0.2, 0.25) is 5.95 Å². The fraction of sp³-hybridized carbons (Fsp3) is 0.560. The van der Waals surface area contributed by atoms with E-state index in [1.807, 2.05) is 35.2 Å². The average Bonchev–Trinajstić information content (AvgIpc) is 2.79. The number of hydrogen-bond acceptors (Lipinski definition) is 7. The smallest absolute Gasteiger partial charge is 0.253 e. The quantitative estimate of drug-likeness (QED) is 0.715. The molecule has 2 aliphatic rings. The second kappa shape index (κ2) is 9.75. The Hall–Kier alpha value is -2.55. The molecule has 1 amide bonds. The lowest BCUT2D eigenvalue weighted by atomic mass is 9.88. The van der Waals surface area contributed by atoms with Crippen molar-refractivity contribution < 1.29 is 20.8 Å². The van der Waals surface area contributed by atoms with Crippen LogP contribution in [0.1, 0.15) is 44.0 Å². The Morgan fingerprint density at radius 3 is 2.52 bits per heavy atom. The van der Waals surface area contributed by atoms with Gasteiger partial charge in [-0.3, -0.25) is 4.79 Å². The van der Waals surface area contributed by atoms with Crippen molar-refractivity contribution in [1.82, 2.24) is 14.9 Å². The minimum absolute atomic E-state index is 0. The third kappa shape index (κ3) is 5.88. The van der Waals surface area contributed by atoms with E-state index in [0.29, 0.717) is 50.7 Å². The number of likely N-dealkylation sites (tertiary alicyclic amines) is 1. The molecule has 0 saturated carbocycles. The van der Waals surface area contributed by atoms with E-state index in [4.69, 9.17) is 9.47 Å². The van der Waals surface area contributed by atoms with Gasteiger partial charge in [0, 0.05) is 52.5 Å². The number of hydrogen-bond donors (Lipinski definition) is 1. The monoisotopic (exact) mass is 456 g/mol. The van der Waals surface area contributed by atoms with Crippen molar-refractivity contribution in [3.05, 3.63) is 53.9 Å². The highest BCUT2D eigenvalue weighted by Crippen LogP contribution is 2.34. The average molecular weight is 457 g/mol. The molecule has 0 aliphatic carbocycles. The topological polar surface area (TPSA) is 88.0 Å². The van der Waals surface area contributed by atoms with Crippen LogP contribution in [-0.4, -0.2) is 83.1 Å². The lowest BCUT2D eigenvalue weighted by Gasteiger charge is -2.49. The summed E-state index contributed by atoms with van der Waals surface area (Å²) in [6.45, 7) is 6.71. The van der Waals surface area contributed by atoms with Gasteiger partial charge in [-0.1, -0.05) is 12.1 Å². The number of aliphatic hydroxyl groups is 1.